The Morgan fingerprint density at radius 3 is 3.08 bits per heavy atom. The van der Waals surface area contributed by atoms with E-state index in [4.69, 9.17) is 0 Å². The molecule has 0 aliphatic heterocycles. The zero-order chi connectivity index (χ0) is 9.47. The Morgan fingerprint density at radius 1 is 1.54 bits per heavy atom. The first kappa shape index (κ1) is 8.70. The van der Waals surface area contributed by atoms with Crippen LogP contribution in [0.15, 0.2) is 24.3 Å². The quantitative estimate of drug-likeness (QED) is 0.570. The molecule has 0 aromatic carbocycles. The molecule has 13 heavy (non-hydrogen) atoms. The Morgan fingerprint density at radius 2 is 2.31 bits per heavy atom. The number of aliphatic hydroxyl groups excluding tert-OH is 1. The van der Waals surface area contributed by atoms with E-state index in [0.29, 0.717) is 0 Å². The second-order valence-corrected chi connectivity index (χ2v) is 4.20. The molecule has 0 unspecified atom stereocenters. The number of aliphatic hydroxyl groups is 1. The lowest BCUT2D eigenvalue weighted by molar-refractivity contribution is -0.128. The van der Waals surface area contributed by atoms with Crippen molar-refractivity contribution in [3.63, 3.8) is 0 Å². The van der Waals surface area contributed by atoms with Crippen molar-refractivity contribution in [2.24, 2.45) is 11.3 Å². The Bertz CT molecular complexity index is 290. The second-order valence-electron chi connectivity index (χ2n) is 4.20. The summed E-state index contributed by atoms with van der Waals surface area (Å²) in [4.78, 5) is 11.2. The Balaban J connectivity index is 2.37. The van der Waals surface area contributed by atoms with Crippen LogP contribution in [0.25, 0.3) is 0 Å². The van der Waals surface area contributed by atoms with Crippen molar-refractivity contribution in [3.05, 3.63) is 24.3 Å². The van der Waals surface area contributed by atoms with Crippen molar-refractivity contribution < 1.29 is 9.90 Å². The molecule has 0 saturated carbocycles. The minimum absolute atomic E-state index is 0.0118. The maximum absolute atomic E-state index is 11.2. The van der Waals surface area contributed by atoms with Crippen molar-refractivity contribution in [1.29, 1.82) is 0 Å². The van der Waals surface area contributed by atoms with Crippen molar-refractivity contribution in [3.8, 4) is 0 Å². The Kier molecular flexibility index (Phi) is 1.88. The number of carbonyl (C=O) groups excluding carboxylic acids is 1. The van der Waals surface area contributed by atoms with Gasteiger partial charge in [-0.1, -0.05) is 25.2 Å². The number of carbonyl (C=O) groups is 1. The van der Waals surface area contributed by atoms with Crippen LogP contribution in [0.1, 0.15) is 19.8 Å². The molecule has 0 amide bonds. The van der Waals surface area contributed by atoms with Crippen molar-refractivity contribution in [2.75, 3.05) is 0 Å². The molecule has 2 aliphatic carbocycles. The molecule has 1 N–H and O–H groups in total. The average Bonchev–Trinajstić information content (AvgIpc) is 2.12. The van der Waals surface area contributed by atoms with E-state index in [-0.39, 0.29) is 17.1 Å². The maximum Gasteiger partial charge on any atom is 0.184 e. The predicted molar refractivity (Wildman–Crippen MR) is 50.1 cm³/mol. The summed E-state index contributed by atoms with van der Waals surface area (Å²) in [6, 6.07) is 0. The molecule has 2 aliphatic rings. The molecule has 2 heteroatoms. The molecule has 0 aromatic rings. The van der Waals surface area contributed by atoms with Crippen LogP contribution >= 0.6 is 0 Å². The van der Waals surface area contributed by atoms with E-state index < -0.39 is 6.10 Å². The van der Waals surface area contributed by atoms with Gasteiger partial charge >= 0.3 is 0 Å². The van der Waals surface area contributed by atoms with E-state index in [1.807, 2.05) is 6.08 Å². The van der Waals surface area contributed by atoms with Crippen LogP contribution in [-0.2, 0) is 4.79 Å². The fraction of sp³-hybridized carbons (Fsp3) is 0.545. The summed E-state index contributed by atoms with van der Waals surface area (Å²) in [6.07, 6.45) is 8.62. The van der Waals surface area contributed by atoms with Gasteiger partial charge in [-0.25, -0.2) is 0 Å². The normalized spacial score (nSPS) is 43.4. The third-order valence-corrected chi connectivity index (χ3v) is 3.26. The molecule has 0 fully saturated rings. The van der Waals surface area contributed by atoms with Gasteiger partial charge in [-0.05, 0) is 24.3 Å². The number of fused-ring (bicyclic) bond motifs is 1. The molecule has 0 aromatic heterocycles. The molecule has 0 bridgehead atoms. The zero-order valence-corrected chi connectivity index (χ0v) is 7.73. The van der Waals surface area contributed by atoms with Gasteiger partial charge in [-0.15, -0.1) is 0 Å². The molecule has 70 valence electrons. The molecule has 0 spiro atoms. The van der Waals surface area contributed by atoms with Gasteiger partial charge in [-0.3, -0.25) is 4.79 Å². The molecule has 0 radical (unpaired) electrons. The topological polar surface area (TPSA) is 37.3 Å². The van der Waals surface area contributed by atoms with Crippen LogP contribution in [0.5, 0.6) is 0 Å². The van der Waals surface area contributed by atoms with Crippen LogP contribution in [0, 0.1) is 11.3 Å². The summed E-state index contributed by atoms with van der Waals surface area (Å²) < 4.78 is 0. The van der Waals surface area contributed by atoms with Gasteiger partial charge in [0, 0.05) is 5.92 Å². The molecule has 0 saturated heterocycles. The van der Waals surface area contributed by atoms with Crippen molar-refractivity contribution in [2.45, 2.75) is 25.9 Å². The third-order valence-electron chi connectivity index (χ3n) is 3.26. The van der Waals surface area contributed by atoms with Gasteiger partial charge in [0.15, 0.2) is 5.78 Å². The van der Waals surface area contributed by atoms with E-state index in [2.05, 4.69) is 19.1 Å². The minimum atomic E-state index is -0.792. The Hall–Kier alpha value is -0.890. The monoisotopic (exact) mass is 178 g/mol. The van der Waals surface area contributed by atoms with Crippen molar-refractivity contribution in [1.82, 2.24) is 0 Å². The number of ketones is 1. The van der Waals surface area contributed by atoms with E-state index in [1.165, 1.54) is 6.08 Å². The largest absolute Gasteiger partial charge is 0.385 e. The summed E-state index contributed by atoms with van der Waals surface area (Å²) in [5.41, 5.74) is -0.0118. The van der Waals surface area contributed by atoms with Gasteiger partial charge in [0.25, 0.3) is 0 Å². The first-order valence-corrected chi connectivity index (χ1v) is 4.70. The summed E-state index contributed by atoms with van der Waals surface area (Å²) >= 11 is 0. The predicted octanol–water partition coefficient (Wildman–Crippen LogP) is 1.46. The summed E-state index contributed by atoms with van der Waals surface area (Å²) in [6.45, 7) is 2.10. The average molecular weight is 178 g/mol. The number of rotatable bonds is 0. The molecule has 0 heterocycles. The first-order chi connectivity index (χ1) is 6.13. The van der Waals surface area contributed by atoms with E-state index >= 15 is 0 Å². The highest BCUT2D eigenvalue weighted by molar-refractivity contribution is 5.94. The number of hydrogen-bond acceptors (Lipinski definition) is 2. The van der Waals surface area contributed by atoms with Gasteiger partial charge in [0.2, 0.25) is 0 Å². The van der Waals surface area contributed by atoms with Crippen LogP contribution in [-0.4, -0.2) is 17.0 Å². The standard InChI is InChI=1S/C11H14O2/c1-11-6-3-2-4-8(11)10(13)9(12)5-7-11/h2-3,5,7-8,10,13H,4,6H2,1H3/t8-,10-,11+/m0/s1. The van der Waals surface area contributed by atoms with Crippen LogP contribution in [0.4, 0.5) is 0 Å². The van der Waals surface area contributed by atoms with E-state index in [0.717, 1.165) is 12.8 Å². The van der Waals surface area contributed by atoms with Crippen molar-refractivity contribution >= 4 is 5.78 Å². The highest BCUT2D eigenvalue weighted by Crippen LogP contribution is 2.43. The lowest BCUT2D eigenvalue weighted by Crippen LogP contribution is -2.43. The lowest BCUT2D eigenvalue weighted by atomic mass is 9.64. The number of allylic oxidation sites excluding steroid dienone is 3. The maximum atomic E-state index is 11.2. The summed E-state index contributed by atoms with van der Waals surface area (Å²) in [5.74, 6) is -0.0622. The van der Waals surface area contributed by atoms with Gasteiger partial charge in [-0.2, -0.15) is 0 Å². The number of hydrogen-bond donors (Lipinski definition) is 1. The fourth-order valence-corrected chi connectivity index (χ4v) is 2.25. The summed E-state index contributed by atoms with van der Waals surface area (Å²) in [7, 11) is 0. The Labute approximate surface area is 78.0 Å². The molecule has 3 atom stereocenters. The van der Waals surface area contributed by atoms with E-state index in [1.54, 1.807) is 0 Å². The first-order valence-electron chi connectivity index (χ1n) is 4.70. The molecule has 2 rings (SSSR count). The van der Waals surface area contributed by atoms with Crippen LogP contribution in [0.2, 0.25) is 0 Å². The van der Waals surface area contributed by atoms with Gasteiger partial charge < -0.3 is 5.11 Å². The van der Waals surface area contributed by atoms with Crippen LogP contribution in [0.3, 0.4) is 0 Å². The second kappa shape index (κ2) is 2.81. The summed E-state index contributed by atoms with van der Waals surface area (Å²) in [5, 5.41) is 9.70. The highest BCUT2D eigenvalue weighted by atomic mass is 16.3. The fourth-order valence-electron chi connectivity index (χ4n) is 2.25. The van der Waals surface area contributed by atoms with Gasteiger partial charge in [0.1, 0.15) is 6.10 Å². The smallest absolute Gasteiger partial charge is 0.184 e. The SMILES string of the molecule is C[C@@]12C=CC(=O)[C@@H](O)[C@@H]1CC=CC2. The molecular weight excluding hydrogens is 164 g/mol. The highest BCUT2D eigenvalue weighted by Gasteiger charge is 2.42. The minimum Gasteiger partial charge on any atom is -0.385 e. The zero-order valence-electron chi connectivity index (χ0n) is 7.73. The molecular formula is C11H14O2. The van der Waals surface area contributed by atoms with Gasteiger partial charge in [0.05, 0.1) is 0 Å². The third kappa shape index (κ3) is 1.25. The van der Waals surface area contributed by atoms with E-state index in [9.17, 15) is 9.90 Å². The lowest BCUT2D eigenvalue weighted by Gasteiger charge is -2.41. The van der Waals surface area contributed by atoms with Crippen LogP contribution < -0.4 is 0 Å². The molecule has 2 nitrogen and oxygen atoms in total.